The van der Waals surface area contributed by atoms with E-state index >= 15 is 0 Å². The highest BCUT2D eigenvalue weighted by Crippen LogP contribution is 2.39. The molecule has 1 saturated heterocycles. The van der Waals surface area contributed by atoms with Crippen molar-refractivity contribution in [1.29, 1.82) is 0 Å². The highest BCUT2D eigenvalue weighted by molar-refractivity contribution is 5.77. The van der Waals surface area contributed by atoms with Gasteiger partial charge in [-0.2, -0.15) is 0 Å². The molecular formula is C16H31N3O. The predicted octanol–water partition coefficient (Wildman–Crippen LogP) is 1.87. The second-order valence-corrected chi connectivity index (χ2v) is 7.64. The number of amides is 1. The number of likely N-dealkylation sites (tertiary alicyclic amines) is 1. The second kappa shape index (κ2) is 6.02. The molecule has 116 valence electrons. The van der Waals surface area contributed by atoms with Crippen molar-refractivity contribution in [3.63, 3.8) is 0 Å². The Morgan fingerprint density at radius 1 is 1.25 bits per heavy atom. The molecule has 2 fully saturated rings. The minimum atomic E-state index is 0.0242. The van der Waals surface area contributed by atoms with Gasteiger partial charge in [0.25, 0.3) is 0 Å². The number of carbonyl (C=O) groups excluding carboxylic acids is 1. The number of hydrogen-bond donors (Lipinski definition) is 2. The fourth-order valence-corrected chi connectivity index (χ4v) is 3.77. The van der Waals surface area contributed by atoms with Crippen LogP contribution in [0.4, 0.5) is 0 Å². The Balaban J connectivity index is 1.97. The Morgan fingerprint density at radius 2 is 1.90 bits per heavy atom. The SMILES string of the molecule is CC1(C)CN(C(=O)CC2(CN)CCCCC2)CCC1N. The van der Waals surface area contributed by atoms with E-state index in [1.54, 1.807) is 0 Å². The summed E-state index contributed by atoms with van der Waals surface area (Å²) in [4.78, 5) is 14.7. The third-order valence-electron chi connectivity index (χ3n) is 5.54. The lowest BCUT2D eigenvalue weighted by atomic mass is 9.71. The number of rotatable bonds is 3. The van der Waals surface area contributed by atoms with Gasteiger partial charge in [0.15, 0.2) is 0 Å². The van der Waals surface area contributed by atoms with Crippen LogP contribution in [0.1, 0.15) is 58.8 Å². The van der Waals surface area contributed by atoms with E-state index in [1.165, 1.54) is 19.3 Å². The normalized spacial score (nSPS) is 29.2. The van der Waals surface area contributed by atoms with Crippen LogP contribution in [-0.4, -0.2) is 36.5 Å². The second-order valence-electron chi connectivity index (χ2n) is 7.64. The van der Waals surface area contributed by atoms with Crippen LogP contribution in [0.3, 0.4) is 0 Å². The first-order chi connectivity index (χ1) is 9.38. The van der Waals surface area contributed by atoms with Crippen molar-refractivity contribution in [2.24, 2.45) is 22.3 Å². The molecular weight excluding hydrogens is 250 g/mol. The van der Waals surface area contributed by atoms with Gasteiger partial charge >= 0.3 is 0 Å². The zero-order valence-electron chi connectivity index (χ0n) is 13.2. The summed E-state index contributed by atoms with van der Waals surface area (Å²) in [6, 6.07) is 0.199. The maximum atomic E-state index is 12.7. The lowest BCUT2D eigenvalue weighted by Gasteiger charge is -2.44. The molecule has 0 aromatic heterocycles. The Kier molecular flexibility index (Phi) is 4.75. The van der Waals surface area contributed by atoms with E-state index in [9.17, 15) is 4.79 Å². The third kappa shape index (κ3) is 3.34. The van der Waals surface area contributed by atoms with Crippen LogP contribution in [0.25, 0.3) is 0 Å². The minimum absolute atomic E-state index is 0.0242. The van der Waals surface area contributed by atoms with Crippen molar-refractivity contribution in [2.75, 3.05) is 19.6 Å². The average molecular weight is 281 g/mol. The van der Waals surface area contributed by atoms with Gasteiger partial charge in [-0.15, -0.1) is 0 Å². The quantitative estimate of drug-likeness (QED) is 0.829. The molecule has 0 aromatic carbocycles. The van der Waals surface area contributed by atoms with Crippen LogP contribution >= 0.6 is 0 Å². The number of piperidine rings is 1. The molecule has 2 rings (SSSR count). The van der Waals surface area contributed by atoms with Crippen molar-refractivity contribution >= 4 is 5.91 Å². The molecule has 1 aliphatic carbocycles. The van der Waals surface area contributed by atoms with E-state index < -0.39 is 0 Å². The first-order valence-electron chi connectivity index (χ1n) is 8.12. The lowest BCUT2D eigenvalue weighted by Crippen LogP contribution is -2.54. The van der Waals surface area contributed by atoms with Gasteiger partial charge in [0.1, 0.15) is 0 Å². The summed E-state index contributed by atoms with van der Waals surface area (Å²) in [6.07, 6.45) is 7.52. The molecule has 20 heavy (non-hydrogen) atoms. The van der Waals surface area contributed by atoms with E-state index in [0.717, 1.165) is 32.4 Å². The summed E-state index contributed by atoms with van der Waals surface area (Å²) in [5, 5.41) is 0. The Labute approximate surface area is 123 Å². The minimum Gasteiger partial charge on any atom is -0.342 e. The first kappa shape index (κ1) is 15.8. The predicted molar refractivity (Wildman–Crippen MR) is 82.1 cm³/mol. The van der Waals surface area contributed by atoms with Gasteiger partial charge in [-0.1, -0.05) is 33.1 Å². The van der Waals surface area contributed by atoms with Crippen molar-refractivity contribution in [3.05, 3.63) is 0 Å². The molecule has 1 atom stereocenters. The monoisotopic (exact) mass is 281 g/mol. The Bertz CT molecular complexity index is 348. The molecule has 4 nitrogen and oxygen atoms in total. The van der Waals surface area contributed by atoms with E-state index in [2.05, 4.69) is 13.8 Å². The molecule has 0 aromatic rings. The largest absolute Gasteiger partial charge is 0.342 e. The van der Waals surface area contributed by atoms with Gasteiger partial charge < -0.3 is 16.4 Å². The lowest BCUT2D eigenvalue weighted by molar-refractivity contribution is -0.137. The zero-order valence-corrected chi connectivity index (χ0v) is 13.2. The summed E-state index contributed by atoms with van der Waals surface area (Å²) in [7, 11) is 0. The standard InChI is InChI=1S/C16H31N3O/c1-15(2)12-19(9-6-13(15)18)14(20)10-16(11-17)7-4-3-5-8-16/h13H,3-12,17-18H2,1-2H3. The summed E-state index contributed by atoms with van der Waals surface area (Å²) in [5.74, 6) is 0.289. The Hall–Kier alpha value is -0.610. The molecule has 1 amide bonds. The van der Waals surface area contributed by atoms with Gasteiger partial charge in [-0.05, 0) is 36.6 Å². The van der Waals surface area contributed by atoms with E-state index in [4.69, 9.17) is 11.5 Å². The highest BCUT2D eigenvalue weighted by Gasteiger charge is 2.39. The van der Waals surface area contributed by atoms with Crippen LogP contribution in [0.15, 0.2) is 0 Å². The summed E-state index contributed by atoms with van der Waals surface area (Å²) < 4.78 is 0. The zero-order chi connectivity index (χ0) is 14.8. The van der Waals surface area contributed by atoms with Gasteiger partial charge in [0, 0.05) is 25.6 Å². The summed E-state index contributed by atoms with van der Waals surface area (Å²) in [6.45, 7) is 6.57. The van der Waals surface area contributed by atoms with E-state index in [0.29, 0.717) is 13.0 Å². The van der Waals surface area contributed by atoms with Crippen LogP contribution in [0, 0.1) is 10.8 Å². The number of carbonyl (C=O) groups is 1. The van der Waals surface area contributed by atoms with Gasteiger partial charge in [-0.25, -0.2) is 0 Å². The fourth-order valence-electron chi connectivity index (χ4n) is 3.77. The van der Waals surface area contributed by atoms with Crippen molar-refractivity contribution in [3.8, 4) is 0 Å². The number of hydrogen-bond acceptors (Lipinski definition) is 3. The smallest absolute Gasteiger partial charge is 0.223 e. The van der Waals surface area contributed by atoms with Crippen LogP contribution in [0.5, 0.6) is 0 Å². The fraction of sp³-hybridized carbons (Fsp3) is 0.938. The van der Waals surface area contributed by atoms with Crippen molar-refractivity contribution in [2.45, 2.75) is 64.8 Å². The van der Waals surface area contributed by atoms with Gasteiger partial charge in [-0.3, -0.25) is 4.79 Å². The number of nitrogens with two attached hydrogens (primary N) is 2. The molecule has 0 spiro atoms. The van der Waals surface area contributed by atoms with Crippen molar-refractivity contribution in [1.82, 2.24) is 4.90 Å². The molecule has 1 aliphatic heterocycles. The summed E-state index contributed by atoms with van der Waals surface area (Å²) in [5.41, 5.74) is 12.2. The third-order valence-corrected chi connectivity index (χ3v) is 5.54. The topological polar surface area (TPSA) is 72.3 Å². The summed E-state index contributed by atoms with van der Waals surface area (Å²) >= 11 is 0. The van der Waals surface area contributed by atoms with E-state index in [-0.39, 0.29) is 22.8 Å². The van der Waals surface area contributed by atoms with Crippen molar-refractivity contribution < 1.29 is 4.79 Å². The molecule has 1 heterocycles. The van der Waals surface area contributed by atoms with Crippen LogP contribution < -0.4 is 11.5 Å². The van der Waals surface area contributed by atoms with Crippen LogP contribution in [0.2, 0.25) is 0 Å². The van der Waals surface area contributed by atoms with Gasteiger partial charge in [0.2, 0.25) is 5.91 Å². The molecule has 1 unspecified atom stereocenters. The first-order valence-corrected chi connectivity index (χ1v) is 8.12. The molecule has 2 aliphatic rings. The molecule has 1 saturated carbocycles. The average Bonchev–Trinajstić information content (AvgIpc) is 2.42. The van der Waals surface area contributed by atoms with Crippen LogP contribution in [-0.2, 0) is 4.79 Å². The number of nitrogens with zero attached hydrogens (tertiary/aromatic N) is 1. The molecule has 0 radical (unpaired) electrons. The molecule has 4 heteroatoms. The highest BCUT2D eigenvalue weighted by atomic mass is 16.2. The maximum absolute atomic E-state index is 12.7. The molecule has 0 bridgehead atoms. The molecule has 4 N–H and O–H groups in total. The maximum Gasteiger partial charge on any atom is 0.223 e. The van der Waals surface area contributed by atoms with E-state index in [1.807, 2.05) is 4.90 Å². The van der Waals surface area contributed by atoms with Gasteiger partial charge in [0.05, 0.1) is 0 Å². The Morgan fingerprint density at radius 3 is 2.45 bits per heavy atom.